The standard InChI is InChI=1S/C21H25ClN4O2/c22-18-7-5-16(6-8-18)19(15-3-4-15)25-21(27)24-14-17-2-1-9-23-20(17)26-10-12-28-13-11-26/h1-2,5-9,15,19H,3-4,10-14H2,(H2,24,25,27). The molecule has 4 rings (SSSR count). The van der Waals surface area contributed by atoms with Crippen molar-refractivity contribution in [3.05, 3.63) is 58.7 Å². The number of carbonyl (C=O) groups is 1. The van der Waals surface area contributed by atoms with Gasteiger partial charge in [0.25, 0.3) is 0 Å². The van der Waals surface area contributed by atoms with Gasteiger partial charge in [0.15, 0.2) is 0 Å². The third kappa shape index (κ3) is 4.75. The third-order valence-corrected chi connectivity index (χ3v) is 5.48. The molecule has 1 saturated heterocycles. The Bertz CT molecular complexity index is 804. The van der Waals surface area contributed by atoms with Crippen LogP contribution < -0.4 is 15.5 Å². The third-order valence-electron chi connectivity index (χ3n) is 5.23. The predicted octanol–water partition coefficient (Wildman–Crippen LogP) is 3.52. The van der Waals surface area contributed by atoms with Crippen LogP contribution in [0.3, 0.4) is 0 Å². The van der Waals surface area contributed by atoms with Crippen LogP contribution in [0.15, 0.2) is 42.6 Å². The van der Waals surface area contributed by atoms with E-state index >= 15 is 0 Å². The smallest absolute Gasteiger partial charge is 0.315 e. The Kier molecular flexibility index (Phi) is 5.98. The van der Waals surface area contributed by atoms with Gasteiger partial charge in [-0.3, -0.25) is 0 Å². The summed E-state index contributed by atoms with van der Waals surface area (Å²) in [4.78, 5) is 19.3. The summed E-state index contributed by atoms with van der Waals surface area (Å²) in [5.41, 5.74) is 2.10. The lowest BCUT2D eigenvalue weighted by molar-refractivity contribution is 0.122. The molecule has 1 aliphatic heterocycles. The molecule has 2 N–H and O–H groups in total. The number of morpholine rings is 1. The summed E-state index contributed by atoms with van der Waals surface area (Å²) in [7, 11) is 0. The van der Waals surface area contributed by atoms with Crippen LogP contribution in [0.1, 0.15) is 30.0 Å². The number of urea groups is 1. The molecule has 148 valence electrons. The van der Waals surface area contributed by atoms with Gasteiger partial charge in [0.05, 0.1) is 19.3 Å². The number of halogens is 1. The number of benzene rings is 1. The van der Waals surface area contributed by atoms with Crippen molar-refractivity contribution in [1.29, 1.82) is 0 Å². The first kappa shape index (κ1) is 19.0. The highest BCUT2D eigenvalue weighted by atomic mass is 35.5. The van der Waals surface area contributed by atoms with E-state index in [0.717, 1.165) is 42.9 Å². The molecule has 1 saturated carbocycles. The van der Waals surface area contributed by atoms with Crippen molar-refractivity contribution < 1.29 is 9.53 Å². The average molecular weight is 401 g/mol. The van der Waals surface area contributed by atoms with Gasteiger partial charge >= 0.3 is 6.03 Å². The fourth-order valence-corrected chi connectivity index (χ4v) is 3.69. The maximum atomic E-state index is 12.6. The molecule has 2 amide bonds. The molecule has 1 aliphatic carbocycles. The maximum absolute atomic E-state index is 12.6. The Hall–Kier alpha value is -2.31. The molecule has 6 nitrogen and oxygen atoms in total. The number of anilines is 1. The zero-order valence-corrected chi connectivity index (χ0v) is 16.5. The molecule has 7 heteroatoms. The molecular weight excluding hydrogens is 376 g/mol. The highest BCUT2D eigenvalue weighted by Crippen LogP contribution is 2.41. The summed E-state index contributed by atoms with van der Waals surface area (Å²) in [6.07, 6.45) is 4.06. The minimum Gasteiger partial charge on any atom is -0.378 e. The first-order valence-electron chi connectivity index (χ1n) is 9.77. The lowest BCUT2D eigenvalue weighted by Crippen LogP contribution is -2.40. The summed E-state index contributed by atoms with van der Waals surface area (Å²) in [5.74, 6) is 1.41. The zero-order chi connectivity index (χ0) is 19.3. The van der Waals surface area contributed by atoms with E-state index in [1.54, 1.807) is 6.20 Å². The molecular formula is C21H25ClN4O2. The number of pyridine rings is 1. The van der Waals surface area contributed by atoms with Crippen LogP contribution in [-0.2, 0) is 11.3 Å². The summed E-state index contributed by atoms with van der Waals surface area (Å²) < 4.78 is 5.42. The van der Waals surface area contributed by atoms with Gasteiger partial charge in [-0.25, -0.2) is 9.78 Å². The van der Waals surface area contributed by atoms with Gasteiger partial charge in [-0.15, -0.1) is 0 Å². The Morgan fingerprint density at radius 2 is 1.96 bits per heavy atom. The first-order chi connectivity index (χ1) is 13.7. The zero-order valence-electron chi connectivity index (χ0n) is 15.7. The molecule has 1 aromatic carbocycles. The molecule has 2 aromatic rings. The quantitative estimate of drug-likeness (QED) is 0.778. The van der Waals surface area contributed by atoms with Crippen LogP contribution in [0.5, 0.6) is 0 Å². The SMILES string of the molecule is O=C(NCc1cccnc1N1CCOCC1)NC(c1ccc(Cl)cc1)C1CC1. The number of nitrogens with one attached hydrogen (secondary N) is 2. The average Bonchev–Trinajstić information content (AvgIpc) is 3.57. The van der Waals surface area contributed by atoms with E-state index < -0.39 is 0 Å². The van der Waals surface area contributed by atoms with Crippen molar-refractivity contribution in [1.82, 2.24) is 15.6 Å². The van der Waals surface area contributed by atoms with Gasteiger partial charge in [0, 0.05) is 36.4 Å². The van der Waals surface area contributed by atoms with Crippen molar-refractivity contribution in [2.75, 3.05) is 31.2 Å². The molecule has 0 bridgehead atoms. The second kappa shape index (κ2) is 8.80. The Balaban J connectivity index is 1.38. The number of aromatic nitrogens is 1. The van der Waals surface area contributed by atoms with E-state index in [9.17, 15) is 4.79 Å². The number of amides is 2. The van der Waals surface area contributed by atoms with E-state index in [4.69, 9.17) is 16.3 Å². The van der Waals surface area contributed by atoms with Crippen molar-refractivity contribution in [2.45, 2.75) is 25.4 Å². The van der Waals surface area contributed by atoms with E-state index in [-0.39, 0.29) is 12.1 Å². The fraction of sp³-hybridized carbons (Fsp3) is 0.429. The monoisotopic (exact) mass is 400 g/mol. The molecule has 2 aliphatic rings. The lowest BCUT2D eigenvalue weighted by Gasteiger charge is -2.29. The Morgan fingerprint density at radius 3 is 2.68 bits per heavy atom. The summed E-state index contributed by atoms with van der Waals surface area (Å²) in [6, 6.07) is 11.5. The number of hydrogen-bond acceptors (Lipinski definition) is 4. The fourth-order valence-electron chi connectivity index (χ4n) is 3.57. The maximum Gasteiger partial charge on any atom is 0.315 e. The number of nitrogens with zero attached hydrogens (tertiary/aromatic N) is 2. The molecule has 1 aromatic heterocycles. The minimum absolute atomic E-state index is 0.0184. The molecule has 0 spiro atoms. The number of hydrogen-bond donors (Lipinski definition) is 2. The molecule has 2 heterocycles. The molecule has 1 atom stereocenters. The van der Waals surface area contributed by atoms with E-state index in [1.165, 1.54) is 0 Å². The highest BCUT2D eigenvalue weighted by molar-refractivity contribution is 6.30. The second-order valence-corrected chi connectivity index (χ2v) is 7.72. The van der Waals surface area contributed by atoms with Crippen LogP contribution >= 0.6 is 11.6 Å². The van der Waals surface area contributed by atoms with Gasteiger partial charge in [-0.2, -0.15) is 0 Å². The van der Waals surface area contributed by atoms with E-state index in [1.807, 2.05) is 36.4 Å². The van der Waals surface area contributed by atoms with Gasteiger partial charge < -0.3 is 20.3 Å². The summed E-state index contributed by atoms with van der Waals surface area (Å²) >= 11 is 6.00. The molecule has 1 unspecified atom stereocenters. The normalized spacial score (nSPS) is 17.8. The predicted molar refractivity (Wildman–Crippen MR) is 110 cm³/mol. The van der Waals surface area contributed by atoms with Crippen molar-refractivity contribution in [3.63, 3.8) is 0 Å². The Labute approximate surface area is 170 Å². The summed E-state index contributed by atoms with van der Waals surface area (Å²) in [5, 5.41) is 6.84. The topological polar surface area (TPSA) is 66.5 Å². The van der Waals surface area contributed by atoms with Crippen LogP contribution in [0, 0.1) is 5.92 Å². The second-order valence-electron chi connectivity index (χ2n) is 7.28. The van der Waals surface area contributed by atoms with Gasteiger partial charge in [0.1, 0.15) is 5.82 Å². The van der Waals surface area contributed by atoms with Crippen molar-refractivity contribution >= 4 is 23.4 Å². The molecule has 2 fully saturated rings. The van der Waals surface area contributed by atoms with E-state index in [0.29, 0.717) is 30.7 Å². The van der Waals surface area contributed by atoms with Crippen LogP contribution in [0.25, 0.3) is 0 Å². The van der Waals surface area contributed by atoms with Crippen LogP contribution in [-0.4, -0.2) is 37.3 Å². The van der Waals surface area contributed by atoms with E-state index in [2.05, 4.69) is 20.5 Å². The van der Waals surface area contributed by atoms with Crippen LogP contribution in [0.2, 0.25) is 5.02 Å². The van der Waals surface area contributed by atoms with Crippen molar-refractivity contribution in [3.8, 4) is 0 Å². The number of rotatable bonds is 6. The largest absolute Gasteiger partial charge is 0.378 e. The van der Waals surface area contributed by atoms with Gasteiger partial charge in [-0.05, 0) is 42.5 Å². The van der Waals surface area contributed by atoms with Gasteiger partial charge in [-0.1, -0.05) is 29.8 Å². The first-order valence-corrected chi connectivity index (χ1v) is 10.1. The minimum atomic E-state index is -0.163. The van der Waals surface area contributed by atoms with Gasteiger partial charge in [0.2, 0.25) is 0 Å². The number of carbonyl (C=O) groups excluding carboxylic acids is 1. The highest BCUT2D eigenvalue weighted by Gasteiger charge is 2.33. The lowest BCUT2D eigenvalue weighted by atomic mass is 10.0. The summed E-state index contributed by atoms with van der Waals surface area (Å²) in [6.45, 7) is 3.47. The number of ether oxygens (including phenoxy) is 1. The molecule has 28 heavy (non-hydrogen) atoms. The van der Waals surface area contributed by atoms with Crippen LogP contribution in [0.4, 0.5) is 10.6 Å². The Morgan fingerprint density at radius 1 is 1.21 bits per heavy atom. The van der Waals surface area contributed by atoms with Crippen molar-refractivity contribution in [2.24, 2.45) is 5.92 Å². The molecule has 0 radical (unpaired) electrons.